The van der Waals surface area contributed by atoms with Crippen molar-refractivity contribution in [1.29, 1.82) is 0 Å². The van der Waals surface area contributed by atoms with Gasteiger partial charge in [0.2, 0.25) is 0 Å². The smallest absolute Gasteiger partial charge is 0.0640 e. The van der Waals surface area contributed by atoms with Crippen LogP contribution >= 0.6 is 11.6 Å². The van der Waals surface area contributed by atoms with Crippen LogP contribution in [0.1, 0.15) is 38.7 Å². The number of fused-ring (bicyclic) bond motifs is 1. The van der Waals surface area contributed by atoms with E-state index in [1.807, 2.05) is 12.1 Å². The fourth-order valence-corrected chi connectivity index (χ4v) is 2.39. The molecule has 0 saturated carbocycles. The van der Waals surface area contributed by atoms with Crippen LogP contribution in [0.4, 0.5) is 5.69 Å². The molecule has 76 valence electrons. The van der Waals surface area contributed by atoms with E-state index in [2.05, 4.69) is 32.2 Å². The van der Waals surface area contributed by atoms with Gasteiger partial charge in [-0.1, -0.05) is 37.6 Å². The third-order valence-corrected chi connectivity index (χ3v) is 3.93. The normalized spacial score (nSPS) is 29.9. The molecule has 2 unspecified atom stereocenters. The monoisotopic (exact) mass is 209 g/mol. The largest absolute Gasteiger partial charge is 0.378 e. The topological polar surface area (TPSA) is 12.0 Å². The highest BCUT2D eigenvalue weighted by molar-refractivity contribution is 6.33. The minimum absolute atomic E-state index is 0.160. The molecule has 1 nitrogen and oxygen atoms in total. The second kappa shape index (κ2) is 3.16. The van der Waals surface area contributed by atoms with Gasteiger partial charge in [-0.3, -0.25) is 0 Å². The van der Waals surface area contributed by atoms with Gasteiger partial charge in [-0.05, 0) is 25.0 Å². The van der Waals surface area contributed by atoms with Crippen molar-refractivity contribution in [3.8, 4) is 0 Å². The summed E-state index contributed by atoms with van der Waals surface area (Å²) in [7, 11) is 0. The summed E-state index contributed by atoms with van der Waals surface area (Å²) in [5, 5.41) is 4.39. The van der Waals surface area contributed by atoms with E-state index < -0.39 is 0 Å². The van der Waals surface area contributed by atoms with E-state index >= 15 is 0 Å². The zero-order chi connectivity index (χ0) is 10.3. The molecule has 0 bridgehead atoms. The van der Waals surface area contributed by atoms with Gasteiger partial charge in [0, 0.05) is 11.5 Å². The first kappa shape index (κ1) is 9.85. The van der Waals surface area contributed by atoms with Crippen molar-refractivity contribution >= 4 is 17.3 Å². The minimum Gasteiger partial charge on any atom is -0.378 e. The molecule has 1 aliphatic heterocycles. The second-order valence-electron chi connectivity index (χ2n) is 4.32. The Bertz CT molecular complexity index is 361. The van der Waals surface area contributed by atoms with Crippen molar-refractivity contribution in [1.82, 2.24) is 0 Å². The van der Waals surface area contributed by atoms with E-state index in [1.54, 1.807) is 0 Å². The second-order valence-corrected chi connectivity index (χ2v) is 4.73. The van der Waals surface area contributed by atoms with Gasteiger partial charge in [-0.25, -0.2) is 0 Å². The van der Waals surface area contributed by atoms with Crippen LogP contribution in [0.2, 0.25) is 5.02 Å². The predicted octanol–water partition coefficient (Wildman–Crippen LogP) is 4.04. The van der Waals surface area contributed by atoms with Crippen molar-refractivity contribution in [3.63, 3.8) is 0 Å². The van der Waals surface area contributed by atoms with E-state index in [0.717, 1.165) is 17.1 Å². The molecule has 0 saturated heterocycles. The van der Waals surface area contributed by atoms with Crippen molar-refractivity contribution in [2.75, 3.05) is 5.32 Å². The van der Waals surface area contributed by atoms with Crippen LogP contribution in [0.15, 0.2) is 18.2 Å². The molecular weight excluding hydrogens is 194 g/mol. The summed E-state index contributed by atoms with van der Waals surface area (Å²) in [4.78, 5) is 0. The maximum absolute atomic E-state index is 6.16. The Kier molecular flexibility index (Phi) is 2.23. The molecule has 0 fully saturated rings. The van der Waals surface area contributed by atoms with Gasteiger partial charge in [-0.2, -0.15) is 0 Å². The molecule has 0 radical (unpaired) electrons. The third-order valence-electron chi connectivity index (χ3n) is 3.61. The van der Waals surface area contributed by atoms with Crippen LogP contribution in [0.5, 0.6) is 0 Å². The molecule has 0 aromatic heterocycles. The molecule has 2 atom stereocenters. The van der Waals surface area contributed by atoms with E-state index in [1.165, 1.54) is 5.56 Å². The van der Waals surface area contributed by atoms with Crippen LogP contribution in [0.25, 0.3) is 0 Å². The first-order chi connectivity index (χ1) is 6.58. The van der Waals surface area contributed by atoms with Gasteiger partial charge in [0.25, 0.3) is 0 Å². The van der Waals surface area contributed by atoms with Crippen LogP contribution in [0.3, 0.4) is 0 Å². The van der Waals surface area contributed by atoms with Crippen LogP contribution < -0.4 is 5.32 Å². The van der Waals surface area contributed by atoms with Crippen molar-refractivity contribution < 1.29 is 0 Å². The minimum atomic E-state index is 0.160. The maximum atomic E-state index is 6.16. The number of nitrogens with one attached hydrogen (secondary N) is 1. The fourth-order valence-electron chi connectivity index (χ4n) is 2.17. The highest BCUT2D eigenvalue weighted by Gasteiger charge is 2.38. The SMILES string of the molecule is CCC1(C)Nc2c(Cl)cccc2C1C. The molecule has 1 aliphatic rings. The summed E-state index contributed by atoms with van der Waals surface area (Å²) in [6.07, 6.45) is 1.11. The predicted molar refractivity (Wildman–Crippen MR) is 62.2 cm³/mol. The Labute approximate surface area is 90.5 Å². The van der Waals surface area contributed by atoms with Gasteiger partial charge in [0.1, 0.15) is 0 Å². The lowest BCUT2D eigenvalue weighted by Gasteiger charge is -2.28. The molecular formula is C12H16ClN. The van der Waals surface area contributed by atoms with E-state index in [-0.39, 0.29) is 5.54 Å². The van der Waals surface area contributed by atoms with Crippen LogP contribution in [-0.2, 0) is 0 Å². The van der Waals surface area contributed by atoms with Gasteiger partial charge >= 0.3 is 0 Å². The zero-order valence-corrected chi connectivity index (χ0v) is 9.65. The summed E-state index contributed by atoms with van der Waals surface area (Å²) >= 11 is 6.16. The molecule has 1 N–H and O–H groups in total. The van der Waals surface area contributed by atoms with Crippen molar-refractivity contribution in [3.05, 3.63) is 28.8 Å². The number of para-hydroxylation sites is 1. The molecule has 1 aromatic rings. The lowest BCUT2D eigenvalue weighted by molar-refractivity contribution is 0.443. The summed E-state index contributed by atoms with van der Waals surface area (Å²) in [6, 6.07) is 6.14. The standard InChI is InChI=1S/C12H16ClN/c1-4-12(3)8(2)9-6-5-7-10(13)11(9)14-12/h5-8,14H,4H2,1-3H3. The summed E-state index contributed by atoms with van der Waals surface area (Å²) in [5.74, 6) is 0.529. The van der Waals surface area contributed by atoms with Gasteiger partial charge < -0.3 is 5.32 Å². The van der Waals surface area contributed by atoms with Gasteiger partial charge in [0.05, 0.1) is 10.7 Å². The Morgan fingerprint density at radius 1 is 1.50 bits per heavy atom. The van der Waals surface area contributed by atoms with E-state index in [0.29, 0.717) is 5.92 Å². The van der Waals surface area contributed by atoms with Gasteiger partial charge in [0.15, 0.2) is 0 Å². The zero-order valence-electron chi connectivity index (χ0n) is 8.89. The first-order valence-electron chi connectivity index (χ1n) is 5.15. The van der Waals surface area contributed by atoms with Gasteiger partial charge in [-0.15, -0.1) is 0 Å². The molecule has 0 spiro atoms. The highest BCUT2D eigenvalue weighted by atomic mass is 35.5. The Balaban J connectivity index is 2.50. The Morgan fingerprint density at radius 3 is 2.79 bits per heavy atom. The number of hydrogen-bond acceptors (Lipinski definition) is 1. The summed E-state index contributed by atoms with van der Waals surface area (Å²) in [5.41, 5.74) is 2.64. The van der Waals surface area contributed by atoms with E-state index in [4.69, 9.17) is 11.6 Å². The molecule has 1 heterocycles. The Morgan fingerprint density at radius 2 is 2.21 bits per heavy atom. The molecule has 2 heteroatoms. The van der Waals surface area contributed by atoms with Crippen LogP contribution in [0, 0.1) is 0 Å². The molecule has 1 aromatic carbocycles. The number of anilines is 1. The summed E-state index contributed by atoms with van der Waals surface area (Å²) < 4.78 is 0. The van der Waals surface area contributed by atoms with E-state index in [9.17, 15) is 0 Å². The average molecular weight is 210 g/mol. The number of hydrogen-bond donors (Lipinski definition) is 1. The molecule has 0 amide bonds. The highest BCUT2D eigenvalue weighted by Crippen LogP contribution is 2.46. The maximum Gasteiger partial charge on any atom is 0.0640 e. The first-order valence-corrected chi connectivity index (χ1v) is 5.53. The Hall–Kier alpha value is -0.690. The number of rotatable bonds is 1. The lowest BCUT2D eigenvalue weighted by Crippen LogP contribution is -2.33. The third kappa shape index (κ3) is 1.23. The molecule has 0 aliphatic carbocycles. The quantitative estimate of drug-likeness (QED) is 0.736. The molecule has 2 rings (SSSR count). The number of benzene rings is 1. The van der Waals surface area contributed by atoms with Crippen molar-refractivity contribution in [2.45, 2.75) is 38.6 Å². The summed E-state index contributed by atoms with van der Waals surface area (Å²) in [6.45, 7) is 6.73. The fraction of sp³-hybridized carbons (Fsp3) is 0.500. The number of halogens is 1. The van der Waals surface area contributed by atoms with Crippen LogP contribution in [-0.4, -0.2) is 5.54 Å². The van der Waals surface area contributed by atoms with Crippen molar-refractivity contribution in [2.24, 2.45) is 0 Å². The lowest BCUT2D eigenvalue weighted by atomic mass is 9.84. The molecule has 14 heavy (non-hydrogen) atoms. The average Bonchev–Trinajstić information content (AvgIpc) is 2.44.